The maximum Gasteiger partial charge on any atom is -0.00676 e. The lowest BCUT2D eigenvalue weighted by Gasteiger charge is -2.55. The van der Waals surface area contributed by atoms with Gasteiger partial charge in [-0.05, 0) is 85.2 Å². The standard InChI is InChI=1S/C30H42P4/c1-19-16-20(2)31(19)27-14-10-11-15-28(27)34-21(3)17-30(34,7)18-29-24(6)33(29)26-13-9-8-12-25(26)32-22(4)23(32)5/h8-15,19-24,29H,16-18H2,1-7H3/t19-,20+,21-,22-,23+,24+,29-,30+,31?,32?,33?,34?/m1/s1. The van der Waals surface area contributed by atoms with Crippen LogP contribution in [0.25, 0.3) is 0 Å². The van der Waals surface area contributed by atoms with Gasteiger partial charge in [0.15, 0.2) is 0 Å². The fourth-order valence-electron chi connectivity index (χ4n) is 7.71. The van der Waals surface area contributed by atoms with Gasteiger partial charge < -0.3 is 0 Å². The van der Waals surface area contributed by atoms with Gasteiger partial charge in [0.05, 0.1) is 0 Å². The second-order valence-corrected chi connectivity index (χ2v) is 24.0. The summed E-state index contributed by atoms with van der Waals surface area (Å²) in [5, 5.41) is 7.74. The molecule has 4 fully saturated rings. The highest BCUT2D eigenvalue weighted by Crippen LogP contribution is 2.76. The van der Waals surface area contributed by atoms with Crippen LogP contribution in [0, 0.1) is 0 Å². The Morgan fingerprint density at radius 1 is 0.647 bits per heavy atom. The van der Waals surface area contributed by atoms with Crippen LogP contribution in [0.3, 0.4) is 0 Å². The van der Waals surface area contributed by atoms with Gasteiger partial charge in [-0.1, -0.05) is 129 Å². The van der Waals surface area contributed by atoms with Gasteiger partial charge >= 0.3 is 0 Å². The quantitative estimate of drug-likeness (QED) is 0.342. The molecule has 0 aliphatic carbocycles. The highest BCUT2D eigenvalue weighted by atomic mass is 31.1. The molecule has 4 unspecified atom stereocenters. The summed E-state index contributed by atoms with van der Waals surface area (Å²) >= 11 is 0. The number of rotatable bonds is 6. The third kappa shape index (κ3) is 3.84. The van der Waals surface area contributed by atoms with E-state index in [2.05, 4.69) is 97.0 Å². The summed E-state index contributed by atoms with van der Waals surface area (Å²) in [5.41, 5.74) is 6.50. The minimum Gasteiger partial charge on any atom is -0.0688 e. The van der Waals surface area contributed by atoms with Crippen molar-refractivity contribution in [3.8, 4) is 0 Å². The Morgan fingerprint density at radius 2 is 1.15 bits per heavy atom. The highest BCUT2D eigenvalue weighted by Gasteiger charge is 2.58. The van der Waals surface area contributed by atoms with Crippen LogP contribution >= 0.6 is 31.7 Å². The first-order chi connectivity index (χ1) is 16.2. The molecule has 0 radical (unpaired) electrons. The first kappa shape index (κ1) is 24.5. The second-order valence-electron chi connectivity index (χ2n) is 12.0. The van der Waals surface area contributed by atoms with Crippen molar-refractivity contribution >= 4 is 52.9 Å². The summed E-state index contributed by atoms with van der Waals surface area (Å²) in [6.45, 7) is 17.8. The Hall–Kier alpha value is 0.160. The lowest BCUT2D eigenvalue weighted by Crippen LogP contribution is -2.48. The van der Waals surface area contributed by atoms with Crippen molar-refractivity contribution in [3.05, 3.63) is 48.5 Å². The Kier molecular flexibility index (Phi) is 6.39. The van der Waals surface area contributed by atoms with Gasteiger partial charge in [-0.25, -0.2) is 0 Å². The predicted octanol–water partition coefficient (Wildman–Crippen LogP) is 7.50. The maximum atomic E-state index is 2.69. The van der Waals surface area contributed by atoms with Crippen molar-refractivity contribution in [3.63, 3.8) is 0 Å². The summed E-state index contributed by atoms with van der Waals surface area (Å²) in [6.07, 6.45) is 4.36. The van der Waals surface area contributed by atoms with Crippen molar-refractivity contribution in [2.75, 3.05) is 0 Å². The van der Waals surface area contributed by atoms with E-state index in [1.165, 1.54) is 19.3 Å². The van der Waals surface area contributed by atoms with Crippen molar-refractivity contribution < 1.29 is 0 Å². The van der Waals surface area contributed by atoms with Crippen molar-refractivity contribution in [2.45, 2.75) is 112 Å². The normalized spacial score (nSPS) is 47.0. The van der Waals surface area contributed by atoms with Crippen LogP contribution in [0.5, 0.6) is 0 Å². The minimum atomic E-state index is -0.0538. The summed E-state index contributed by atoms with van der Waals surface area (Å²) in [4.78, 5) is 0. The molecule has 0 N–H and O–H groups in total. The largest absolute Gasteiger partial charge is 0.0688 e. The zero-order valence-electron chi connectivity index (χ0n) is 22.1. The molecular formula is C30H42P4. The van der Waals surface area contributed by atoms with Crippen LogP contribution in [0.2, 0.25) is 0 Å². The summed E-state index contributed by atoms with van der Waals surface area (Å²) in [5.74, 6) is 0. The maximum absolute atomic E-state index is 2.69. The molecule has 6 rings (SSSR count). The molecule has 0 saturated carbocycles. The summed E-state index contributed by atoms with van der Waals surface area (Å²) in [6, 6.07) is 19.4. The van der Waals surface area contributed by atoms with E-state index in [1.807, 2.05) is 5.30 Å². The van der Waals surface area contributed by atoms with E-state index in [4.69, 9.17) is 0 Å². The molecule has 0 amide bonds. The molecule has 2 aromatic carbocycles. The van der Waals surface area contributed by atoms with Gasteiger partial charge in [-0.2, -0.15) is 0 Å². The molecule has 12 atom stereocenters. The average Bonchev–Trinajstić information content (AvgIpc) is 3.62. The first-order valence-corrected chi connectivity index (χ1v) is 19.4. The van der Waals surface area contributed by atoms with E-state index >= 15 is 0 Å². The number of benzene rings is 2. The van der Waals surface area contributed by atoms with E-state index in [0.29, 0.717) is 5.16 Å². The van der Waals surface area contributed by atoms with Gasteiger partial charge in [0.2, 0.25) is 0 Å². The van der Waals surface area contributed by atoms with E-state index < -0.39 is 0 Å². The molecule has 2 aromatic rings. The van der Waals surface area contributed by atoms with Crippen LogP contribution < -0.4 is 21.2 Å². The van der Waals surface area contributed by atoms with Gasteiger partial charge in [0, 0.05) is 0 Å². The van der Waals surface area contributed by atoms with Gasteiger partial charge in [-0.15, -0.1) is 0 Å². The van der Waals surface area contributed by atoms with Crippen LogP contribution in [0.4, 0.5) is 0 Å². The molecular weight excluding hydrogens is 484 g/mol. The van der Waals surface area contributed by atoms with Gasteiger partial charge in [-0.3, -0.25) is 0 Å². The highest BCUT2D eigenvalue weighted by molar-refractivity contribution is 7.80. The predicted molar refractivity (Wildman–Crippen MR) is 162 cm³/mol. The minimum absolute atomic E-state index is 0.0442. The first-order valence-electron chi connectivity index (χ1n) is 13.6. The molecule has 0 nitrogen and oxygen atoms in total. The van der Waals surface area contributed by atoms with Crippen LogP contribution in [0.1, 0.15) is 67.7 Å². The van der Waals surface area contributed by atoms with E-state index in [-0.39, 0.29) is 31.7 Å². The van der Waals surface area contributed by atoms with Crippen molar-refractivity contribution in [2.24, 2.45) is 0 Å². The number of hydrogen-bond donors (Lipinski definition) is 0. The SMILES string of the molecule is C[C@@H]1C[C@H](C)P1c1ccccc1P1[C@H](C)C[C@@]1(C)C[C@@H]1[C@H](C)P1c1ccccc1P1[C@H](C)[C@@H]1C. The summed E-state index contributed by atoms with van der Waals surface area (Å²) < 4.78 is 0. The molecule has 4 saturated heterocycles. The molecule has 34 heavy (non-hydrogen) atoms. The Labute approximate surface area is 213 Å². The van der Waals surface area contributed by atoms with Crippen LogP contribution in [-0.2, 0) is 0 Å². The molecule has 4 heteroatoms. The lowest BCUT2D eigenvalue weighted by atomic mass is 9.96. The number of hydrogen-bond acceptors (Lipinski definition) is 0. The van der Waals surface area contributed by atoms with Gasteiger partial charge in [0.25, 0.3) is 0 Å². The third-order valence-electron chi connectivity index (χ3n) is 9.65. The smallest absolute Gasteiger partial charge is 0.00676 e. The molecule has 0 bridgehead atoms. The van der Waals surface area contributed by atoms with Crippen molar-refractivity contribution in [1.29, 1.82) is 0 Å². The monoisotopic (exact) mass is 526 g/mol. The molecule has 4 heterocycles. The molecule has 4 aliphatic heterocycles. The Morgan fingerprint density at radius 3 is 1.65 bits per heavy atom. The van der Waals surface area contributed by atoms with Gasteiger partial charge in [0.1, 0.15) is 0 Å². The van der Waals surface area contributed by atoms with E-state index in [9.17, 15) is 0 Å². The fourth-order valence-corrected chi connectivity index (χ4v) is 21.9. The van der Waals surface area contributed by atoms with Crippen LogP contribution in [0.15, 0.2) is 48.5 Å². The molecule has 4 aliphatic rings. The summed E-state index contributed by atoms with van der Waals surface area (Å²) in [7, 11) is 0.152. The molecule has 0 spiro atoms. The Balaban J connectivity index is 1.25. The molecule has 182 valence electrons. The third-order valence-corrected chi connectivity index (χ3v) is 23.2. The van der Waals surface area contributed by atoms with E-state index in [0.717, 1.165) is 39.6 Å². The Bertz CT molecular complexity index is 1070. The van der Waals surface area contributed by atoms with Crippen LogP contribution in [-0.4, -0.2) is 44.8 Å². The fraction of sp³-hybridized carbons (Fsp3) is 0.600. The van der Waals surface area contributed by atoms with E-state index in [1.54, 1.807) is 15.9 Å². The molecule has 0 aromatic heterocycles. The van der Waals surface area contributed by atoms with Crippen molar-refractivity contribution in [1.82, 2.24) is 0 Å². The zero-order valence-corrected chi connectivity index (χ0v) is 25.6. The average molecular weight is 527 g/mol. The zero-order chi connectivity index (χ0) is 23.9. The lowest BCUT2D eigenvalue weighted by molar-refractivity contribution is 0.481. The topological polar surface area (TPSA) is 0 Å². The second kappa shape index (κ2) is 8.88.